The molecule has 0 amide bonds. The highest BCUT2D eigenvalue weighted by atomic mass is 19.1. The number of ether oxygens (including phenoxy) is 1. The molecule has 8 nitrogen and oxygen atoms in total. The number of alkyl halides is 1. The average molecular weight is 287 g/mol. The molecule has 9 heteroatoms. The van der Waals surface area contributed by atoms with Crippen LogP contribution in [0.5, 0.6) is 0 Å². The molecule has 1 aliphatic heterocycles. The van der Waals surface area contributed by atoms with E-state index in [1.807, 2.05) is 0 Å². The number of aromatic nitrogens is 2. The second-order valence-corrected chi connectivity index (χ2v) is 4.55. The van der Waals surface area contributed by atoms with Crippen LogP contribution in [0.15, 0.2) is 6.20 Å². The number of nitrogens with zero attached hydrogens (tertiary/aromatic N) is 1. The van der Waals surface area contributed by atoms with Gasteiger partial charge in [-0.3, -0.25) is 5.41 Å². The van der Waals surface area contributed by atoms with E-state index in [0.717, 1.165) is 6.34 Å². The lowest BCUT2D eigenvalue weighted by atomic mass is 10.1. The normalized spacial score (nSPS) is 31.2. The smallest absolute Gasteiger partial charge is 0.160 e. The van der Waals surface area contributed by atoms with E-state index >= 15 is 0 Å². The molecule has 5 atom stereocenters. The summed E-state index contributed by atoms with van der Waals surface area (Å²) in [7, 11) is 0. The van der Waals surface area contributed by atoms with Crippen molar-refractivity contribution in [3.8, 4) is 0 Å². The van der Waals surface area contributed by atoms with Gasteiger partial charge in [-0.25, -0.2) is 9.37 Å². The first-order valence-electron chi connectivity index (χ1n) is 6.22. The molecular formula is C11H18FN5O3. The molecule has 1 aromatic rings. The fourth-order valence-electron chi connectivity index (χ4n) is 2.16. The standard InChI is InChI=1S/C11H18FN5O3/c12-7-8(19)6(1-2-18)20-9(7)5-3-15-11(17-5)10(14)16-4-13/h3-4,6-10,18-19H,1-2,14H2,(H2,13,16)(H,15,17)/t6?,7-,8-,9?,10?/m1/s1. The first-order valence-corrected chi connectivity index (χ1v) is 6.22. The summed E-state index contributed by atoms with van der Waals surface area (Å²) in [5, 5.41) is 28.0. The van der Waals surface area contributed by atoms with Crippen molar-refractivity contribution in [3.63, 3.8) is 0 Å². The fraction of sp³-hybridized carbons (Fsp3) is 0.636. The Kier molecular flexibility index (Phi) is 4.65. The molecule has 0 radical (unpaired) electrons. The SMILES string of the molecule is N=CNC(N)c1ncc(C2OC(CCO)[C@@H](O)[C@H]2F)[nH]1. The fourth-order valence-corrected chi connectivity index (χ4v) is 2.16. The van der Waals surface area contributed by atoms with Gasteiger partial charge in [0.2, 0.25) is 0 Å². The van der Waals surface area contributed by atoms with Gasteiger partial charge in [0.25, 0.3) is 0 Å². The van der Waals surface area contributed by atoms with Crippen molar-refractivity contribution in [2.24, 2.45) is 5.73 Å². The van der Waals surface area contributed by atoms with Crippen molar-refractivity contribution >= 4 is 6.34 Å². The van der Waals surface area contributed by atoms with E-state index in [1.54, 1.807) is 0 Å². The number of aromatic amines is 1. The van der Waals surface area contributed by atoms with Crippen LogP contribution >= 0.6 is 0 Å². The van der Waals surface area contributed by atoms with Crippen LogP contribution < -0.4 is 11.1 Å². The lowest BCUT2D eigenvalue weighted by Gasteiger charge is -2.12. The van der Waals surface area contributed by atoms with Crippen molar-refractivity contribution < 1.29 is 19.3 Å². The summed E-state index contributed by atoms with van der Waals surface area (Å²) in [6, 6.07) is 0. The maximum absolute atomic E-state index is 14.0. The third-order valence-corrected chi connectivity index (χ3v) is 3.21. The third kappa shape index (κ3) is 2.80. The zero-order chi connectivity index (χ0) is 14.7. The molecule has 2 rings (SSSR count). The largest absolute Gasteiger partial charge is 0.396 e. The van der Waals surface area contributed by atoms with Crippen LogP contribution in [0.4, 0.5) is 4.39 Å². The summed E-state index contributed by atoms with van der Waals surface area (Å²) in [5.74, 6) is 0.333. The second-order valence-electron chi connectivity index (χ2n) is 4.55. The van der Waals surface area contributed by atoms with E-state index in [0.29, 0.717) is 11.5 Å². The number of nitrogens with two attached hydrogens (primary N) is 1. The summed E-state index contributed by atoms with van der Waals surface area (Å²) in [4.78, 5) is 6.80. The average Bonchev–Trinajstić information content (AvgIpc) is 3.00. The Bertz CT molecular complexity index is 457. The Labute approximate surface area is 114 Å². The predicted molar refractivity (Wildman–Crippen MR) is 67.7 cm³/mol. The predicted octanol–water partition coefficient (Wildman–Crippen LogP) is -0.915. The Morgan fingerprint density at radius 2 is 2.45 bits per heavy atom. The van der Waals surface area contributed by atoms with Gasteiger partial charge in [0.05, 0.1) is 24.3 Å². The van der Waals surface area contributed by atoms with E-state index in [1.165, 1.54) is 6.20 Å². The number of hydrogen-bond acceptors (Lipinski definition) is 6. The molecule has 0 aromatic carbocycles. The van der Waals surface area contributed by atoms with Gasteiger partial charge >= 0.3 is 0 Å². The monoisotopic (exact) mass is 287 g/mol. The van der Waals surface area contributed by atoms with Gasteiger partial charge in [0, 0.05) is 6.61 Å². The summed E-state index contributed by atoms with van der Waals surface area (Å²) < 4.78 is 19.4. The minimum absolute atomic E-state index is 0.161. The molecule has 1 saturated heterocycles. The summed E-state index contributed by atoms with van der Waals surface area (Å²) in [5.41, 5.74) is 6.04. The van der Waals surface area contributed by atoms with Crippen LogP contribution in [0.25, 0.3) is 0 Å². The van der Waals surface area contributed by atoms with Gasteiger partial charge < -0.3 is 31.0 Å². The van der Waals surface area contributed by atoms with E-state index < -0.39 is 30.6 Å². The van der Waals surface area contributed by atoms with E-state index in [4.69, 9.17) is 21.0 Å². The molecular weight excluding hydrogens is 269 g/mol. The minimum atomic E-state index is -1.60. The van der Waals surface area contributed by atoms with Gasteiger partial charge in [-0.15, -0.1) is 0 Å². The first kappa shape index (κ1) is 14.9. The Hall–Kier alpha value is -1.55. The highest BCUT2D eigenvalue weighted by Crippen LogP contribution is 2.36. The summed E-state index contributed by atoms with van der Waals surface area (Å²) in [6.07, 6.45) is -2.86. The zero-order valence-electron chi connectivity index (χ0n) is 10.7. The molecule has 1 fully saturated rings. The van der Waals surface area contributed by atoms with E-state index in [2.05, 4.69) is 15.3 Å². The Morgan fingerprint density at radius 3 is 3.10 bits per heavy atom. The highest BCUT2D eigenvalue weighted by molar-refractivity contribution is 5.50. The number of imidazole rings is 1. The molecule has 0 spiro atoms. The molecule has 1 aliphatic rings. The van der Waals surface area contributed by atoms with Crippen LogP contribution in [0.2, 0.25) is 0 Å². The number of halogens is 1. The first-order chi connectivity index (χ1) is 9.58. The molecule has 3 unspecified atom stereocenters. The van der Waals surface area contributed by atoms with E-state index in [9.17, 15) is 9.50 Å². The third-order valence-electron chi connectivity index (χ3n) is 3.21. The van der Waals surface area contributed by atoms with Gasteiger partial charge in [0.15, 0.2) is 6.17 Å². The van der Waals surface area contributed by atoms with Crippen LogP contribution in [0.1, 0.15) is 30.2 Å². The topological polar surface area (TPSA) is 140 Å². The number of aliphatic hydroxyl groups is 2. The number of nitrogens with one attached hydrogen (secondary N) is 3. The van der Waals surface area contributed by atoms with Crippen LogP contribution in [-0.2, 0) is 4.74 Å². The molecule has 1 aromatic heterocycles. The van der Waals surface area contributed by atoms with Crippen molar-refractivity contribution in [3.05, 3.63) is 17.7 Å². The maximum atomic E-state index is 14.0. The van der Waals surface area contributed by atoms with E-state index in [-0.39, 0.29) is 13.0 Å². The van der Waals surface area contributed by atoms with Crippen LogP contribution in [0, 0.1) is 5.41 Å². The Balaban J connectivity index is 2.10. The van der Waals surface area contributed by atoms with Gasteiger partial charge in [-0.05, 0) is 6.42 Å². The van der Waals surface area contributed by atoms with Crippen molar-refractivity contribution in [1.29, 1.82) is 5.41 Å². The molecule has 20 heavy (non-hydrogen) atoms. The van der Waals surface area contributed by atoms with Crippen molar-refractivity contribution in [1.82, 2.24) is 15.3 Å². The number of H-pyrrole nitrogens is 1. The minimum Gasteiger partial charge on any atom is -0.396 e. The van der Waals surface area contributed by atoms with Crippen molar-refractivity contribution in [2.75, 3.05) is 6.61 Å². The molecule has 112 valence electrons. The number of aliphatic hydroxyl groups excluding tert-OH is 2. The number of hydrogen-bond donors (Lipinski definition) is 6. The lowest BCUT2D eigenvalue weighted by Crippen LogP contribution is -2.28. The van der Waals surface area contributed by atoms with Gasteiger partial charge in [-0.1, -0.05) is 0 Å². The molecule has 0 saturated carbocycles. The summed E-state index contributed by atoms with van der Waals surface area (Å²) >= 11 is 0. The molecule has 0 aliphatic carbocycles. The molecule has 7 N–H and O–H groups in total. The highest BCUT2D eigenvalue weighted by Gasteiger charge is 2.45. The zero-order valence-corrected chi connectivity index (χ0v) is 10.7. The molecule has 0 bridgehead atoms. The van der Waals surface area contributed by atoms with Crippen LogP contribution in [-0.4, -0.2) is 51.5 Å². The number of rotatable bonds is 6. The van der Waals surface area contributed by atoms with Crippen molar-refractivity contribution in [2.45, 2.75) is 37.1 Å². The second kappa shape index (κ2) is 6.27. The quantitative estimate of drug-likeness (QED) is 0.227. The maximum Gasteiger partial charge on any atom is 0.160 e. The van der Waals surface area contributed by atoms with Gasteiger partial charge in [0.1, 0.15) is 24.2 Å². The Morgan fingerprint density at radius 1 is 1.70 bits per heavy atom. The lowest BCUT2D eigenvalue weighted by molar-refractivity contribution is -0.00528. The summed E-state index contributed by atoms with van der Waals surface area (Å²) in [6.45, 7) is -0.191. The van der Waals surface area contributed by atoms with Crippen LogP contribution in [0.3, 0.4) is 0 Å². The van der Waals surface area contributed by atoms with Gasteiger partial charge in [-0.2, -0.15) is 0 Å². The molecule has 2 heterocycles.